The number of nitrogens with one attached hydrogen (secondary N) is 2. The molecule has 2 N–H and O–H groups in total. The third-order valence-electron chi connectivity index (χ3n) is 3.72. The van der Waals surface area contributed by atoms with E-state index in [4.69, 9.17) is 10.5 Å². The van der Waals surface area contributed by atoms with Crippen molar-refractivity contribution in [3.8, 4) is 12.1 Å². The third-order valence-corrected chi connectivity index (χ3v) is 3.72. The largest absolute Gasteiger partial charge is 0.367 e. The van der Waals surface area contributed by atoms with Crippen molar-refractivity contribution in [1.29, 1.82) is 10.5 Å². The molecule has 0 aliphatic carbocycles. The van der Waals surface area contributed by atoms with Gasteiger partial charge < -0.3 is 10.6 Å². The van der Waals surface area contributed by atoms with Crippen molar-refractivity contribution in [1.82, 2.24) is 15.6 Å². The summed E-state index contributed by atoms with van der Waals surface area (Å²) in [5.74, 6) is 1.05. The molecule has 0 spiro atoms. The van der Waals surface area contributed by atoms with Gasteiger partial charge in [-0.3, -0.25) is 4.98 Å². The molecule has 0 radical (unpaired) electrons. The minimum atomic E-state index is -0.106. The molecule has 0 aliphatic heterocycles. The molecular formula is C21H29N7. The third kappa shape index (κ3) is 8.46. The van der Waals surface area contributed by atoms with E-state index in [0.29, 0.717) is 24.6 Å². The second-order valence-electron chi connectivity index (χ2n) is 6.61. The zero-order chi connectivity index (χ0) is 20.9. The van der Waals surface area contributed by atoms with E-state index in [-0.39, 0.29) is 12.1 Å². The molecule has 0 bridgehead atoms. The summed E-state index contributed by atoms with van der Waals surface area (Å²) in [4.78, 5) is 13.7. The Balaban J connectivity index is 3.23. The Morgan fingerprint density at radius 1 is 1.14 bits per heavy atom. The Bertz CT molecular complexity index is 809. The van der Waals surface area contributed by atoms with Gasteiger partial charge in [-0.05, 0) is 52.3 Å². The van der Waals surface area contributed by atoms with Crippen LogP contribution in [0.3, 0.4) is 0 Å². The van der Waals surface area contributed by atoms with E-state index in [1.54, 1.807) is 0 Å². The highest BCUT2D eigenvalue weighted by molar-refractivity contribution is 6.04. The monoisotopic (exact) mass is 379 g/mol. The minimum absolute atomic E-state index is 0.0344. The maximum atomic E-state index is 8.95. The second-order valence-corrected chi connectivity index (χ2v) is 6.61. The normalized spacial score (nSPS) is 14.6. The number of hydrogen-bond donors (Lipinski definition) is 2. The van der Waals surface area contributed by atoms with E-state index in [0.717, 1.165) is 23.5 Å². The lowest BCUT2D eigenvalue weighted by Gasteiger charge is -2.16. The molecular weight excluding hydrogens is 350 g/mol. The van der Waals surface area contributed by atoms with Crippen LogP contribution in [0.4, 0.5) is 0 Å². The van der Waals surface area contributed by atoms with Crippen molar-refractivity contribution >= 4 is 11.7 Å². The number of hydrogen-bond acceptors (Lipinski definition) is 5. The smallest absolute Gasteiger partial charge is 0.225 e. The first-order chi connectivity index (χ1) is 13.4. The van der Waals surface area contributed by atoms with E-state index in [9.17, 15) is 0 Å². The molecule has 2 atom stereocenters. The lowest BCUT2D eigenvalue weighted by Crippen LogP contribution is -2.33. The molecule has 7 nitrogen and oxygen atoms in total. The molecule has 2 unspecified atom stereocenters. The highest BCUT2D eigenvalue weighted by Crippen LogP contribution is 2.05. The lowest BCUT2D eigenvalue weighted by atomic mass is 10.2. The number of nitrogens with zero attached hydrogens (tertiary/aromatic N) is 5. The molecule has 148 valence electrons. The molecule has 1 aromatic rings. The molecule has 0 amide bonds. The topological polar surface area (TPSA) is 109 Å². The summed E-state index contributed by atoms with van der Waals surface area (Å²) in [6.07, 6.45) is 3.44. The molecule has 1 heterocycles. The summed E-state index contributed by atoms with van der Waals surface area (Å²) in [7, 11) is 0. The number of aryl methyl sites for hydroxylation is 1. The molecule has 0 fully saturated rings. The van der Waals surface area contributed by atoms with Crippen molar-refractivity contribution in [2.45, 2.75) is 66.0 Å². The minimum Gasteiger partial charge on any atom is -0.367 e. The van der Waals surface area contributed by atoms with Crippen LogP contribution in [0.5, 0.6) is 0 Å². The fraction of sp³-hybridized carbons (Fsp3) is 0.476. The summed E-state index contributed by atoms with van der Waals surface area (Å²) in [6, 6.07) is 9.93. The number of aromatic nitrogens is 1. The number of guanidine groups is 1. The molecule has 0 saturated heterocycles. The summed E-state index contributed by atoms with van der Waals surface area (Å²) in [5, 5.41) is 24.3. The van der Waals surface area contributed by atoms with Crippen LogP contribution in [0.2, 0.25) is 0 Å². The standard InChI is InChI=1S/C21H29N7/c1-6-8-20(25-16(3)11-13-22)28-21(26-17(4)12-14-23)27-18(5)19-10-7-9-15(2)24-19/h7-10,16-17,25H,6,11-12H2,1-5H3,(H,26,28)/b20-8+,27-18+. The van der Waals surface area contributed by atoms with Crippen molar-refractivity contribution in [2.24, 2.45) is 9.98 Å². The van der Waals surface area contributed by atoms with Crippen molar-refractivity contribution in [3.63, 3.8) is 0 Å². The fourth-order valence-corrected chi connectivity index (χ4v) is 2.34. The van der Waals surface area contributed by atoms with Crippen LogP contribution < -0.4 is 10.6 Å². The van der Waals surface area contributed by atoms with Crippen molar-refractivity contribution in [2.75, 3.05) is 0 Å². The summed E-state index contributed by atoms with van der Waals surface area (Å²) < 4.78 is 0. The van der Waals surface area contributed by atoms with Gasteiger partial charge in [0.05, 0.1) is 36.4 Å². The van der Waals surface area contributed by atoms with Crippen LogP contribution in [0.15, 0.2) is 40.1 Å². The van der Waals surface area contributed by atoms with E-state index in [1.807, 2.05) is 58.9 Å². The van der Waals surface area contributed by atoms with Gasteiger partial charge in [0.25, 0.3) is 0 Å². The molecule has 0 aliphatic rings. The van der Waals surface area contributed by atoms with Gasteiger partial charge in [0, 0.05) is 17.8 Å². The summed E-state index contributed by atoms with van der Waals surface area (Å²) in [5.41, 5.74) is 2.41. The van der Waals surface area contributed by atoms with Crippen molar-refractivity contribution in [3.05, 3.63) is 41.5 Å². The van der Waals surface area contributed by atoms with E-state index in [1.165, 1.54) is 0 Å². The predicted octanol–water partition coefficient (Wildman–Crippen LogP) is 3.59. The van der Waals surface area contributed by atoms with Gasteiger partial charge in [-0.1, -0.05) is 13.0 Å². The van der Waals surface area contributed by atoms with Gasteiger partial charge >= 0.3 is 0 Å². The number of nitriles is 2. The fourth-order valence-electron chi connectivity index (χ4n) is 2.34. The van der Waals surface area contributed by atoms with Crippen LogP contribution in [0, 0.1) is 29.6 Å². The van der Waals surface area contributed by atoms with E-state index < -0.39 is 0 Å². The Kier molecular flexibility index (Phi) is 9.99. The summed E-state index contributed by atoms with van der Waals surface area (Å²) >= 11 is 0. The molecule has 1 aromatic heterocycles. The first-order valence-corrected chi connectivity index (χ1v) is 9.44. The average Bonchev–Trinajstić information content (AvgIpc) is 2.62. The quantitative estimate of drug-likeness (QED) is 0.530. The van der Waals surface area contributed by atoms with E-state index >= 15 is 0 Å². The first-order valence-electron chi connectivity index (χ1n) is 9.44. The number of pyridine rings is 1. The Labute approximate surface area is 167 Å². The Hall–Kier alpha value is -3.19. The van der Waals surface area contributed by atoms with Crippen LogP contribution >= 0.6 is 0 Å². The van der Waals surface area contributed by atoms with Gasteiger partial charge in [0.1, 0.15) is 5.82 Å². The molecule has 7 heteroatoms. The molecule has 1 rings (SSSR count). The zero-order valence-corrected chi connectivity index (χ0v) is 17.3. The predicted molar refractivity (Wildman–Crippen MR) is 113 cm³/mol. The molecule has 0 saturated carbocycles. The number of aliphatic imine (C=N–C) groups is 2. The van der Waals surface area contributed by atoms with Crippen LogP contribution in [0.25, 0.3) is 0 Å². The Morgan fingerprint density at radius 3 is 2.36 bits per heavy atom. The second kappa shape index (κ2) is 12.2. The van der Waals surface area contributed by atoms with Crippen LogP contribution in [0.1, 0.15) is 58.3 Å². The zero-order valence-electron chi connectivity index (χ0n) is 17.3. The first kappa shape index (κ1) is 22.9. The van der Waals surface area contributed by atoms with Gasteiger partial charge in [-0.15, -0.1) is 0 Å². The maximum absolute atomic E-state index is 8.95. The van der Waals surface area contributed by atoms with Gasteiger partial charge in [0.2, 0.25) is 5.96 Å². The van der Waals surface area contributed by atoms with Crippen LogP contribution in [-0.4, -0.2) is 28.7 Å². The maximum Gasteiger partial charge on any atom is 0.225 e. The lowest BCUT2D eigenvalue weighted by molar-refractivity contribution is 0.616. The highest BCUT2D eigenvalue weighted by Gasteiger charge is 2.09. The SMILES string of the molecule is CC/C=C(/N=C(\N=C(/C)c1cccc(C)n1)NC(C)CC#N)NC(C)CC#N. The van der Waals surface area contributed by atoms with Gasteiger partial charge in [-0.2, -0.15) is 15.5 Å². The number of rotatable bonds is 8. The number of allylic oxidation sites excluding steroid dienone is 1. The highest BCUT2D eigenvalue weighted by atomic mass is 15.2. The van der Waals surface area contributed by atoms with Crippen molar-refractivity contribution < 1.29 is 0 Å². The Morgan fingerprint density at radius 2 is 1.79 bits per heavy atom. The van der Waals surface area contributed by atoms with Crippen LogP contribution in [-0.2, 0) is 0 Å². The molecule has 0 aromatic carbocycles. The average molecular weight is 380 g/mol. The van der Waals surface area contributed by atoms with E-state index in [2.05, 4.69) is 37.7 Å². The summed E-state index contributed by atoms with van der Waals surface area (Å²) in [6.45, 7) is 9.66. The molecule has 28 heavy (non-hydrogen) atoms. The van der Waals surface area contributed by atoms with Gasteiger partial charge in [0.15, 0.2) is 0 Å². The van der Waals surface area contributed by atoms with Gasteiger partial charge in [-0.25, -0.2) is 4.99 Å².